The van der Waals surface area contributed by atoms with Gasteiger partial charge in [0.05, 0.1) is 7.11 Å². The molecule has 0 fully saturated rings. The van der Waals surface area contributed by atoms with E-state index in [-0.39, 0.29) is 12.1 Å². The second-order valence-electron chi connectivity index (χ2n) is 4.19. The van der Waals surface area contributed by atoms with Crippen LogP contribution < -0.4 is 4.74 Å². The first-order chi connectivity index (χ1) is 8.61. The Morgan fingerprint density at radius 2 is 2.00 bits per heavy atom. The first-order valence-corrected chi connectivity index (χ1v) is 5.85. The van der Waals surface area contributed by atoms with Gasteiger partial charge in [-0.3, -0.25) is 4.79 Å². The maximum absolute atomic E-state index is 11.0. The van der Waals surface area contributed by atoms with Crippen molar-refractivity contribution in [2.45, 2.75) is 20.0 Å². The fraction of sp³-hybridized carbons (Fsp3) is 0.267. The van der Waals surface area contributed by atoms with Gasteiger partial charge in [-0.2, -0.15) is 0 Å². The van der Waals surface area contributed by atoms with E-state index in [0.29, 0.717) is 0 Å². The second kappa shape index (κ2) is 5.08. The van der Waals surface area contributed by atoms with E-state index >= 15 is 0 Å². The summed E-state index contributed by atoms with van der Waals surface area (Å²) in [7, 11) is 1.65. The Morgan fingerprint density at radius 1 is 1.22 bits per heavy atom. The minimum Gasteiger partial charge on any atom is -0.497 e. The lowest BCUT2D eigenvalue weighted by molar-refractivity contribution is -0.145. The molecule has 0 heterocycles. The van der Waals surface area contributed by atoms with Gasteiger partial charge in [0.2, 0.25) is 0 Å². The molecule has 1 atom stereocenters. The number of fused-ring (bicyclic) bond motifs is 1. The van der Waals surface area contributed by atoms with Crippen LogP contribution in [-0.4, -0.2) is 13.1 Å². The largest absolute Gasteiger partial charge is 0.497 e. The van der Waals surface area contributed by atoms with Gasteiger partial charge >= 0.3 is 5.97 Å². The van der Waals surface area contributed by atoms with Gasteiger partial charge < -0.3 is 9.47 Å². The molecular weight excluding hydrogens is 228 g/mol. The molecular formula is C15H16O3. The standard InChI is InChI=1S/C15H16O3/c1-10(18-11(2)16)14-6-4-5-12-9-13(17-3)7-8-15(12)14/h4-10H,1-3H3/t10-/m1/s1. The Kier molecular flexibility index (Phi) is 3.51. The minimum atomic E-state index is -0.270. The van der Waals surface area contributed by atoms with Crippen LogP contribution in [0.15, 0.2) is 36.4 Å². The minimum absolute atomic E-state index is 0.250. The first kappa shape index (κ1) is 12.4. The zero-order valence-electron chi connectivity index (χ0n) is 10.8. The molecule has 0 radical (unpaired) electrons. The van der Waals surface area contributed by atoms with Crippen molar-refractivity contribution >= 4 is 16.7 Å². The van der Waals surface area contributed by atoms with Crippen LogP contribution in [-0.2, 0) is 9.53 Å². The number of rotatable bonds is 3. The molecule has 2 aromatic rings. The van der Waals surface area contributed by atoms with Crippen LogP contribution in [0.1, 0.15) is 25.5 Å². The summed E-state index contributed by atoms with van der Waals surface area (Å²) < 4.78 is 10.4. The number of carbonyl (C=O) groups is 1. The predicted molar refractivity (Wildman–Crippen MR) is 70.7 cm³/mol. The molecule has 0 aliphatic carbocycles. The van der Waals surface area contributed by atoms with Crippen LogP contribution in [0.4, 0.5) is 0 Å². The number of hydrogen-bond acceptors (Lipinski definition) is 3. The molecule has 0 amide bonds. The van der Waals surface area contributed by atoms with E-state index in [0.717, 1.165) is 22.1 Å². The third kappa shape index (κ3) is 2.45. The quantitative estimate of drug-likeness (QED) is 0.775. The van der Waals surface area contributed by atoms with Crippen LogP contribution in [0.2, 0.25) is 0 Å². The van der Waals surface area contributed by atoms with Crippen molar-refractivity contribution in [2.75, 3.05) is 7.11 Å². The molecule has 2 rings (SSSR count). The van der Waals surface area contributed by atoms with Crippen molar-refractivity contribution in [3.63, 3.8) is 0 Å². The normalized spacial score (nSPS) is 12.2. The molecule has 2 aromatic carbocycles. The zero-order chi connectivity index (χ0) is 13.1. The number of carbonyl (C=O) groups excluding carboxylic acids is 1. The van der Waals surface area contributed by atoms with Crippen LogP contribution >= 0.6 is 0 Å². The average molecular weight is 244 g/mol. The third-order valence-corrected chi connectivity index (χ3v) is 2.90. The Balaban J connectivity index is 2.48. The first-order valence-electron chi connectivity index (χ1n) is 5.85. The maximum Gasteiger partial charge on any atom is 0.303 e. The molecule has 0 spiro atoms. The van der Waals surface area contributed by atoms with Crippen LogP contribution in [0.5, 0.6) is 5.75 Å². The van der Waals surface area contributed by atoms with Crippen molar-refractivity contribution < 1.29 is 14.3 Å². The molecule has 0 aromatic heterocycles. The fourth-order valence-corrected chi connectivity index (χ4v) is 2.08. The lowest BCUT2D eigenvalue weighted by Gasteiger charge is -2.15. The molecule has 3 nitrogen and oxygen atoms in total. The van der Waals surface area contributed by atoms with Crippen molar-refractivity contribution in [3.8, 4) is 5.75 Å². The summed E-state index contributed by atoms with van der Waals surface area (Å²) in [6.45, 7) is 3.30. The highest BCUT2D eigenvalue weighted by Crippen LogP contribution is 2.29. The molecule has 0 saturated carbocycles. The molecule has 3 heteroatoms. The molecule has 0 bridgehead atoms. The van der Waals surface area contributed by atoms with Crippen LogP contribution in [0.3, 0.4) is 0 Å². The van der Waals surface area contributed by atoms with E-state index in [1.807, 2.05) is 43.3 Å². The summed E-state index contributed by atoms with van der Waals surface area (Å²) in [6.07, 6.45) is -0.250. The summed E-state index contributed by atoms with van der Waals surface area (Å²) in [4.78, 5) is 11.0. The number of hydrogen-bond donors (Lipinski definition) is 0. The number of benzene rings is 2. The van der Waals surface area contributed by atoms with Gasteiger partial charge in [-0.05, 0) is 35.4 Å². The molecule has 0 unspecified atom stereocenters. The Labute approximate surface area is 106 Å². The topological polar surface area (TPSA) is 35.5 Å². The molecule has 0 N–H and O–H groups in total. The maximum atomic E-state index is 11.0. The molecule has 94 valence electrons. The van der Waals surface area contributed by atoms with Crippen molar-refractivity contribution in [2.24, 2.45) is 0 Å². The van der Waals surface area contributed by atoms with Gasteiger partial charge in [0.25, 0.3) is 0 Å². The van der Waals surface area contributed by atoms with Crippen LogP contribution in [0.25, 0.3) is 10.8 Å². The smallest absolute Gasteiger partial charge is 0.303 e. The SMILES string of the molecule is COc1ccc2c([C@@H](C)OC(C)=O)cccc2c1. The van der Waals surface area contributed by atoms with Crippen molar-refractivity contribution in [1.82, 2.24) is 0 Å². The van der Waals surface area contributed by atoms with Gasteiger partial charge in [0.15, 0.2) is 0 Å². The highest BCUT2D eigenvalue weighted by molar-refractivity contribution is 5.87. The van der Waals surface area contributed by atoms with Crippen molar-refractivity contribution in [3.05, 3.63) is 42.0 Å². The fourth-order valence-electron chi connectivity index (χ4n) is 2.08. The van der Waals surface area contributed by atoms with E-state index in [9.17, 15) is 4.79 Å². The second-order valence-corrected chi connectivity index (χ2v) is 4.19. The summed E-state index contributed by atoms with van der Waals surface area (Å²) in [6, 6.07) is 11.8. The summed E-state index contributed by atoms with van der Waals surface area (Å²) in [5, 5.41) is 2.15. The van der Waals surface area contributed by atoms with Crippen LogP contribution in [0, 0.1) is 0 Å². The van der Waals surface area contributed by atoms with Gasteiger partial charge in [0, 0.05) is 6.92 Å². The Hall–Kier alpha value is -2.03. The van der Waals surface area contributed by atoms with E-state index in [2.05, 4.69) is 0 Å². The third-order valence-electron chi connectivity index (χ3n) is 2.90. The molecule has 0 aliphatic heterocycles. The van der Waals surface area contributed by atoms with E-state index in [1.165, 1.54) is 6.92 Å². The van der Waals surface area contributed by atoms with E-state index < -0.39 is 0 Å². The molecule has 0 aliphatic rings. The molecule has 0 saturated heterocycles. The summed E-state index contributed by atoms with van der Waals surface area (Å²) in [5.41, 5.74) is 1.00. The number of esters is 1. The predicted octanol–water partition coefficient (Wildman–Crippen LogP) is 3.47. The zero-order valence-corrected chi connectivity index (χ0v) is 10.8. The monoisotopic (exact) mass is 244 g/mol. The van der Waals surface area contributed by atoms with Gasteiger partial charge in [-0.15, -0.1) is 0 Å². The Morgan fingerprint density at radius 3 is 2.67 bits per heavy atom. The number of ether oxygens (including phenoxy) is 2. The molecule has 18 heavy (non-hydrogen) atoms. The van der Waals surface area contributed by atoms with Gasteiger partial charge in [0.1, 0.15) is 11.9 Å². The average Bonchev–Trinajstić information content (AvgIpc) is 2.36. The van der Waals surface area contributed by atoms with E-state index in [1.54, 1.807) is 7.11 Å². The highest BCUT2D eigenvalue weighted by Gasteiger charge is 2.12. The lowest BCUT2D eigenvalue weighted by Crippen LogP contribution is -2.05. The summed E-state index contributed by atoms with van der Waals surface area (Å²) >= 11 is 0. The summed E-state index contributed by atoms with van der Waals surface area (Å²) in [5.74, 6) is 0.549. The van der Waals surface area contributed by atoms with Gasteiger partial charge in [-0.25, -0.2) is 0 Å². The van der Waals surface area contributed by atoms with Gasteiger partial charge in [-0.1, -0.05) is 24.3 Å². The Bertz CT molecular complexity index is 575. The van der Waals surface area contributed by atoms with Crippen molar-refractivity contribution in [1.29, 1.82) is 0 Å². The lowest BCUT2D eigenvalue weighted by atomic mass is 10.0. The van der Waals surface area contributed by atoms with E-state index in [4.69, 9.17) is 9.47 Å². The highest BCUT2D eigenvalue weighted by atomic mass is 16.5. The number of methoxy groups -OCH3 is 1.